The summed E-state index contributed by atoms with van der Waals surface area (Å²) in [5.41, 5.74) is 5.63. The lowest BCUT2D eigenvalue weighted by atomic mass is 10.0. The number of rotatable bonds is 18. The number of azo groups is 1. The van der Waals surface area contributed by atoms with Crippen molar-refractivity contribution < 1.29 is 4.79 Å². The topological polar surface area (TPSA) is 65.8 Å². The minimum absolute atomic E-state index is 0.0590. The summed E-state index contributed by atoms with van der Waals surface area (Å²) in [4.78, 5) is 12.0. The van der Waals surface area contributed by atoms with Gasteiger partial charge in [-0.3, -0.25) is 4.79 Å². The van der Waals surface area contributed by atoms with Crippen molar-refractivity contribution in [3.05, 3.63) is 59.2 Å². The lowest BCUT2D eigenvalue weighted by Crippen LogP contribution is -2.23. The Bertz CT molecular complexity index is 1050. The number of carbonyl (C=O) groups is 1. The maximum absolute atomic E-state index is 12.0. The molecule has 2 rings (SSSR count). The predicted octanol–water partition coefficient (Wildman–Crippen LogP) is 8.26. The van der Waals surface area contributed by atoms with Crippen LogP contribution >= 0.6 is 0 Å². The van der Waals surface area contributed by atoms with Crippen LogP contribution in [-0.4, -0.2) is 26.0 Å². The van der Waals surface area contributed by atoms with Crippen molar-refractivity contribution in [2.75, 3.05) is 20.1 Å². The van der Waals surface area contributed by atoms with E-state index in [9.17, 15) is 4.79 Å². The minimum Gasteiger partial charge on any atom is -0.345 e. The Kier molecular flexibility index (Phi) is 16.5. The summed E-state index contributed by atoms with van der Waals surface area (Å²) < 4.78 is 0. The van der Waals surface area contributed by atoms with E-state index in [0.29, 0.717) is 18.9 Å². The van der Waals surface area contributed by atoms with E-state index in [1.165, 1.54) is 61.6 Å². The first-order valence-electron chi connectivity index (χ1n) is 15.0. The molecule has 0 spiro atoms. The van der Waals surface area contributed by atoms with Crippen molar-refractivity contribution in [3.8, 4) is 11.8 Å². The Labute approximate surface area is 237 Å². The molecule has 0 aliphatic rings. The molecule has 0 aromatic heterocycles. The summed E-state index contributed by atoms with van der Waals surface area (Å²) in [6, 6.07) is 14.9. The number of carbonyl (C=O) groups excluding carboxylic acids is 1. The van der Waals surface area contributed by atoms with Gasteiger partial charge in [0.25, 0.3) is 0 Å². The van der Waals surface area contributed by atoms with Crippen LogP contribution in [0.25, 0.3) is 0 Å². The van der Waals surface area contributed by atoms with Crippen LogP contribution in [0.4, 0.5) is 11.4 Å². The molecule has 0 saturated heterocycles. The summed E-state index contributed by atoms with van der Waals surface area (Å²) in [7, 11) is 2.02. The molecule has 0 saturated carbocycles. The van der Waals surface area contributed by atoms with Crippen molar-refractivity contribution in [2.45, 2.75) is 97.8 Å². The monoisotopic (exact) mass is 530 g/mol. The molecule has 1 amide bonds. The SMILES string of the molecule is CCc1ccc(CCCCCCCCCNC)c(/N=N/c2ccc(CCCC(=O)NCC#CC(C)C)cc2)c1. The Morgan fingerprint density at radius 2 is 1.54 bits per heavy atom. The highest BCUT2D eigenvalue weighted by Gasteiger charge is 2.05. The summed E-state index contributed by atoms with van der Waals surface area (Å²) >= 11 is 0. The first-order chi connectivity index (χ1) is 19.0. The Hall–Kier alpha value is -2.97. The van der Waals surface area contributed by atoms with Crippen molar-refractivity contribution >= 4 is 17.3 Å². The second kappa shape index (κ2) is 20.0. The smallest absolute Gasteiger partial charge is 0.220 e. The normalized spacial score (nSPS) is 11.1. The number of hydrogen-bond donors (Lipinski definition) is 2. The first-order valence-corrected chi connectivity index (χ1v) is 15.0. The quantitative estimate of drug-likeness (QED) is 0.116. The third-order valence-electron chi connectivity index (χ3n) is 6.77. The summed E-state index contributed by atoms with van der Waals surface area (Å²) in [6.07, 6.45) is 13.3. The van der Waals surface area contributed by atoms with Crippen LogP contribution in [0, 0.1) is 17.8 Å². The van der Waals surface area contributed by atoms with Crippen molar-refractivity contribution in [2.24, 2.45) is 16.1 Å². The van der Waals surface area contributed by atoms with Crippen LogP contribution < -0.4 is 10.6 Å². The molecular formula is C34H50N4O. The zero-order valence-electron chi connectivity index (χ0n) is 24.8. The average molecular weight is 531 g/mol. The van der Waals surface area contributed by atoms with Gasteiger partial charge in [-0.1, -0.05) is 89.0 Å². The number of nitrogens with one attached hydrogen (secondary N) is 2. The molecule has 5 nitrogen and oxygen atoms in total. The fourth-order valence-electron chi connectivity index (χ4n) is 4.42. The van der Waals surface area contributed by atoms with Crippen LogP contribution in [0.5, 0.6) is 0 Å². The van der Waals surface area contributed by atoms with Gasteiger partial charge >= 0.3 is 0 Å². The van der Waals surface area contributed by atoms with Crippen LogP contribution in [0.15, 0.2) is 52.7 Å². The molecule has 0 atom stereocenters. The van der Waals surface area contributed by atoms with E-state index < -0.39 is 0 Å². The van der Waals surface area contributed by atoms with E-state index in [1.54, 1.807) is 0 Å². The van der Waals surface area contributed by atoms with E-state index in [-0.39, 0.29) is 5.91 Å². The molecule has 0 unspecified atom stereocenters. The number of aryl methyl sites for hydroxylation is 3. The minimum atomic E-state index is 0.0590. The standard InChI is InChI=1S/C34H50N4O/c1-5-29-19-22-31(17-11-9-7-6-8-10-12-25-35-4)33(27-29)38-37-32-23-20-30(21-24-32)16-13-18-34(39)36-26-14-15-28(2)3/h19-24,27-28,35H,5-13,16-18,25-26H2,1-4H3,(H,36,39)/b38-37+. The molecule has 0 aliphatic heterocycles. The Balaban J connectivity index is 1.80. The molecule has 0 fully saturated rings. The second-order valence-electron chi connectivity index (χ2n) is 10.6. The maximum Gasteiger partial charge on any atom is 0.220 e. The first kappa shape index (κ1) is 32.2. The lowest BCUT2D eigenvalue weighted by molar-refractivity contribution is -0.120. The molecule has 5 heteroatoms. The number of benzene rings is 2. The van der Waals surface area contributed by atoms with Gasteiger partial charge in [0, 0.05) is 12.3 Å². The van der Waals surface area contributed by atoms with E-state index in [2.05, 4.69) is 70.0 Å². The highest BCUT2D eigenvalue weighted by atomic mass is 16.1. The summed E-state index contributed by atoms with van der Waals surface area (Å²) in [5, 5.41) is 15.3. The van der Waals surface area contributed by atoms with Gasteiger partial charge < -0.3 is 10.6 Å². The Morgan fingerprint density at radius 1 is 0.846 bits per heavy atom. The van der Waals surface area contributed by atoms with Gasteiger partial charge in [0.05, 0.1) is 17.9 Å². The highest BCUT2D eigenvalue weighted by molar-refractivity contribution is 5.76. The highest BCUT2D eigenvalue weighted by Crippen LogP contribution is 2.26. The lowest BCUT2D eigenvalue weighted by Gasteiger charge is -2.08. The van der Waals surface area contributed by atoms with Gasteiger partial charge in [-0.15, -0.1) is 0 Å². The van der Waals surface area contributed by atoms with Gasteiger partial charge in [0.2, 0.25) is 5.91 Å². The fraction of sp³-hybridized carbons (Fsp3) is 0.559. The largest absolute Gasteiger partial charge is 0.345 e. The van der Waals surface area contributed by atoms with Crippen molar-refractivity contribution in [1.82, 2.24) is 10.6 Å². The van der Waals surface area contributed by atoms with Gasteiger partial charge in [-0.05, 0) is 87.0 Å². The average Bonchev–Trinajstić information content (AvgIpc) is 2.94. The van der Waals surface area contributed by atoms with Crippen molar-refractivity contribution in [1.29, 1.82) is 0 Å². The van der Waals surface area contributed by atoms with E-state index >= 15 is 0 Å². The zero-order valence-corrected chi connectivity index (χ0v) is 24.8. The molecule has 0 bridgehead atoms. The molecule has 0 radical (unpaired) electrons. The van der Waals surface area contributed by atoms with Crippen LogP contribution in [0.3, 0.4) is 0 Å². The molecule has 2 aromatic carbocycles. The second-order valence-corrected chi connectivity index (χ2v) is 10.6. The molecule has 2 N–H and O–H groups in total. The van der Waals surface area contributed by atoms with Crippen molar-refractivity contribution in [3.63, 3.8) is 0 Å². The van der Waals surface area contributed by atoms with E-state index in [4.69, 9.17) is 0 Å². The molecule has 212 valence electrons. The number of amides is 1. The summed E-state index contributed by atoms with van der Waals surface area (Å²) in [5.74, 6) is 6.43. The zero-order chi connectivity index (χ0) is 28.1. The number of nitrogens with zero attached hydrogens (tertiary/aromatic N) is 2. The Morgan fingerprint density at radius 3 is 2.23 bits per heavy atom. The van der Waals surface area contributed by atoms with E-state index in [0.717, 1.165) is 43.6 Å². The van der Waals surface area contributed by atoms with Crippen LogP contribution in [-0.2, 0) is 24.1 Å². The van der Waals surface area contributed by atoms with Crippen LogP contribution in [0.1, 0.15) is 95.2 Å². The fourth-order valence-corrected chi connectivity index (χ4v) is 4.42. The van der Waals surface area contributed by atoms with E-state index in [1.807, 2.05) is 33.0 Å². The maximum atomic E-state index is 12.0. The third-order valence-corrected chi connectivity index (χ3v) is 6.77. The molecule has 39 heavy (non-hydrogen) atoms. The molecular weight excluding hydrogens is 480 g/mol. The molecule has 0 aliphatic carbocycles. The third kappa shape index (κ3) is 14.7. The predicted molar refractivity (Wildman–Crippen MR) is 165 cm³/mol. The van der Waals surface area contributed by atoms with Gasteiger partial charge in [0.15, 0.2) is 0 Å². The van der Waals surface area contributed by atoms with Gasteiger partial charge in [-0.2, -0.15) is 10.2 Å². The van der Waals surface area contributed by atoms with Gasteiger partial charge in [0.1, 0.15) is 0 Å². The molecule has 0 heterocycles. The molecule has 2 aromatic rings. The summed E-state index contributed by atoms with van der Waals surface area (Å²) in [6.45, 7) is 7.82. The number of unbranched alkanes of at least 4 members (excludes halogenated alkanes) is 6. The van der Waals surface area contributed by atoms with Crippen LogP contribution in [0.2, 0.25) is 0 Å². The number of hydrogen-bond acceptors (Lipinski definition) is 4. The van der Waals surface area contributed by atoms with Gasteiger partial charge in [-0.25, -0.2) is 0 Å².